The second-order valence-electron chi connectivity index (χ2n) is 9.15. The number of anilines is 2. The Kier molecular flexibility index (Phi) is 9.30. The summed E-state index contributed by atoms with van der Waals surface area (Å²) in [5.41, 5.74) is 1.50. The van der Waals surface area contributed by atoms with Crippen molar-refractivity contribution >= 4 is 29.2 Å². The zero-order valence-electron chi connectivity index (χ0n) is 21.6. The highest BCUT2D eigenvalue weighted by Crippen LogP contribution is 2.27. The van der Waals surface area contributed by atoms with Crippen LogP contribution in [-0.4, -0.2) is 73.6 Å². The molecule has 0 aliphatic carbocycles. The topological polar surface area (TPSA) is 100 Å². The molecule has 0 saturated heterocycles. The average Bonchev–Trinajstić information content (AvgIpc) is 2.87. The first kappa shape index (κ1) is 27.0. The first-order valence-corrected chi connectivity index (χ1v) is 12.2. The van der Waals surface area contributed by atoms with Crippen LogP contribution in [0.25, 0.3) is 0 Å². The number of likely N-dealkylation sites (N-methyl/N-ethyl adjacent to an activating group) is 1. The fourth-order valence-electron chi connectivity index (χ4n) is 4.22. The third-order valence-electron chi connectivity index (χ3n) is 6.36. The maximum Gasteiger partial charge on any atom is 0.323 e. The molecular weight excluding hydrogens is 460 g/mol. The molecule has 2 aromatic rings. The van der Waals surface area contributed by atoms with E-state index in [1.54, 1.807) is 49.4 Å². The van der Waals surface area contributed by atoms with E-state index in [-0.39, 0.29) is 36.5 Å². The van der Waals surface area contributed by atoms with Crippen molar-refractivity contribution in [2.75, 3.05) is 44.5 Å². The van der Waals surface area contributed by atoms with Crippen molar-refractivity contribution in [1.29, 1.82) is 0 Å². The van der Waals surface area contributed by atoms with Crippen LogP contribution < -0.4 is 15.4 Å². The van der Waals surface area contributed by atoms with Crippen molar-refractivity contribution in [3.05, 3.63) is 54.1 Å². The van der Waals surface area contributed by atoms with E-state index in [2.05, 4.69) is 10.6 Å². The molecule has 1 aliphatic rings. The summed E-state index contributed by atoms with van der Waals surface area (Å²) < 4.78 is 11.8. The first-order chi connectivity index (χ1) is 17.2. The molecular formula is C27H36N4O5. The number of carbonyl (C=O) groups is 3. The van der Waals surface area contributed by atoms with Crippen molar-refractivity contribution in [2.45, 2.75) is 39.3 Å². The Bertz CT molecular complexity index is 1060. The van der Waals surface area contributed by atoms with Gasteiger partial charge in [0, 0.05) is 57.0 Å². The van der Waals surface area contributed by atoms with Gasteiger partial charge in [-0.2, -0.15) is 0 Å². The molecule has 0 saturated carbocycles. The Balaban J connectivity index is 1.89. The number of amides is 4. The number of rotatable bonds is 4. The van der Waals surface area contributed by atoms with Crippen LogP contribution in [0.15, 0.2) is 48.5 Å². The molecule has 4 amide bonds. The van der Waals surface area contributed by atoms with E-state index >= 15 is 0 Å². The largest absolute Gasteiger partial charge is 0.491 e. The highest BCUT2D eigenvalue weighted by atomic mass is 16.5. The van der Waals surface area contributed by atoms with Crippen LogP contribution in [0, 0.1) is 5.92 Å². The number of ether oxygens (including phenoxy) is 2. The number of carbonyl (C=O) groups excluding carboxylic acids is 3. The number of hydrogen-bond acceptors (Lipinski definition) is 5. The van der Waals surface area contributed by atoms with Gasteiger partial charge in [-0.05, 0) is 31.2 Å². The molecule has 9 nitrogen and oxygen atoms in total. The first-order valence-electron chi connectivity index (χ1n) is 12.2. The normalized spacial score (nSPS) is 20.9. The summed E-state index contributed by atoms with van der Waals surface area (Å²) in [6, 6.07) is 13.4. The maximum atomic E-state index is 13.3. The number of nitrogens with one attached hydrogen (secondary N) is 2. The lowest BCUT2D eigenvalue weighted by molar-refractivity contribution is -0.135. The second-order valence-corrected chi connectivity index (χ2v) is 9.15. The summed E-state index contributed by atoms with van der Waals surface area (Å²) in [4.78, 5) is 41.9. The SMILES string of the molecule is CCC(=O)N1C[C@@H](C)[C@H](OC)CN(C)C(=O)c2ccc(NC(=O)Nc3ccccc3)cc2OC[C@@H]1C. The molecule has 2 N–H and O–H groups in total. The Labute approximate surface area is 212 Å². The van der Waals surface area contributed by atoms with E-state index in [1.807, 2.05) is 43.9 Å². The molecule has 2 aromatic carbocycles. The minimum Gasteiger partial charge on any atom is -0.491 e. The summed E-state index contributed by atoms with van der Waals surface area (Å²) >= 11 is 0. The van der Waals surface area contributed by atoms with Crippen LogP contribution >= 0.6 is 0 Å². The molecule has 0 unspecified atom stereocenters. The lowest BCUT2D eigenvalue weighted by Gasteiger charge is -2.36. The number of fused-ring (bicyclic) bond motifs is 1. The number of benzene rings is 2. The summed E-state index contributed by atoms with van der Waals surface area (Å²) in [5, 5.41) is 5.55. The quantitative estimate of drug-likeness (QED) is 0.665. The number of hydrogen-bond donors (Lipinski definition) is 2. The molecule has 0 radical (unpaired) electrons. The van der Waals surface area contributed by atoms with Gasteiger partial charge in [0.1, 0.15) is 12.4 Å². The zero-order chi connectivity index (χ0) is 26.2. The zero-order valence-corrected chi connectivity index (χ0v) is 21.6. The highest BCUT2D eigenvalue weighted by Gasteiger charge is 2.29. The molecule has 194 valence electrons. The molecule has 0 bridgehead atoms. The van der Waals surface area contributed by atoms with Gasteiger partial charge >= 0.3 is 6.03 Å². The fourth-order valence-corrected chi connectivity index (χ4v) is 4.22. The number of urea groups is 1. The Hall–Kier alpha value is -3.59. The predicted molar refractivity (Wildman–Crippen MR) is 139 cm³/mol. The van der Waals surface area contributed by atoms with Crippen molar-refractivity contribution in [3.8, 4) is 5.75 Å². The van der Waals surface area contributed by atoms with Crippen LogP contribution in [0.3, 0.4) is 0 Å². The van der Waals surface area contributed by atoms with Gasteiger partial charge in [0.2, 0.25) is 5.91 Å². The molecule has 1 aliphatic heterocycles. The van der Waals surface area contributed by atoms with Crippen LogP contribution in [0.2, 0.25) is 0 Å². The van der Waals surface area contributed by atoms with Crippen molar-refractivity contribution in [3.63, 3.8) is 0 Å². The number of nitrogens with zero attached hydrogens (tertiary/aromatic N) is 2. The standard InChI is InChI=1S/C27H36N4O5/c1-6-25(32)31-15-18(2)24(35-5)16-30(4)26(33)22-13-12-21(14-23(22)36-17-19(31)3)29-27(34)28-20-10-8-7-9-11-20/h7-14,18-19,24H,6,15-17H2,1-5H3,(H2,28,29,34)/t18-,19+,24-/m1/s1. The summed E-state index contributed by atoms with van der Waals surface area (Å²) in [5.74, 6) is 0.163. The summed E-state index contributed by atoms with van der Waals surface area (Å²) in [7, 11) is 3.34. The monoisotopic (exact) mass is 496 g/mol. The summed E-state index contributed by atoms with van der Waals surface area (Å²) in [6.07, 6.45) is 0.138. The van der Waals surface area contributed by atoms with E-state index < -0.39 is 6.03 Å². The third kappa shape index (κ3) is 6.75. The van der Waals surface area contributed by atoms with Crippen LogP contribution in [0.4, 0.5) is 16.2 Å². The molecule has 1 heterocycles. The molecule has 9 heteroatoms. The fraction of sp³-hybridized carbons (Fsp3) is 0.444. The molecule has 3 atom stereocenters. The van der Waals surface area contributed by atoms with Gasteiger partial charge in [-0.1, -0.05) is 32.0 Å². The number of methoxy groups -OCH3 is 1. The van der Waals surface area contributed by atoms with Crippen molar-refractivity contribution in [2.24, 2.45) is 5.92 Å². The van der Waals surface area contributed by atoms with Gasteiger partial charge in [-0.25, -0.2) is 4.79 Å². The van der Waals surface area contributed by atoms with Crippen LogP contribution in [-0.2, 0) is 9.53 Å². The van der Waals surface area contributed by atoms with Gasteiger partial charge in [-0.15, -0.1) is 0 Å². The third-order valence-corrected chi connectivity index (χ3v) is 6.36. The van der Waals surface area contributed by atoms with E-state index in [9.17, 15) is 14.4 Å². The van der Waals surface area contributed by atoms with Gasteiger partial charge in [0.25, 0.3) is 5.91 Å². The molecule has 36 heavy (non-hydrogen) atoms. The van der Waals surface area contributed by atoms with Crippen LogP contribution in [0.1, 0.15) is 37.6 Å². The lowest BCUT2D eigenvalue weighted by atomic mass is 10.0. The van der Waals surface area contributed by atoms with E-state index in [1.165, 1.54) is 0 Å². The van der Waals surface area contributed by atoms with E-state index in [0.717, 1.165) is 0 Å². The predicted octanol–water partition coefficient (Wildman–Crippen LogP) is 4.07. The minimum atomic E-state index is -0.414. The van der Waals surface area contributed by atoms with Crippen LogP contribution in [0.5, 0.6) is 5.75 Å². The smallest absolute Gasteiger partial charge is 0.323 e. The molecule has 0 fully saturated rings. The highest BCUT2D eigenvalue weighted by molar-refractivity contribution is 6.01. The molecule has 3 rings (SSSR count). The maximum absolute atomic E-state index is 13.3. The Morgan fingerprint density at radius 1 is 1.06 bits per heavy atom. The molecule has 0 spiro atoms. The second kappa shape index (κ2) is 12.4. The van der Waals surface area contributed by atoms with E-state index in [4.69, 9.17) is 9.47 Å². The minimum absolute atomic E-state index is 0.0109. The Morgan fingerprint density at radius 2 is 1.75 bits per heavy atom. The van der Waals surface area contributed by atoms with Gasteiger partial charge in [0.05, 0.1) is 17.7 Å². The van der Waals surface area contributed by atoms with Crippen molar-refractivity contribution < 1.29 is 23.9 Å². The van der Waals surface area contributed by atoms with Gasteiger partial charge in [-0.3, -0.25) is 9.59 Å². The van der Waals surface area contributed by atoms with Crippen molar-refractivity contribution in [1.82, 2.24) is 9.80 Å². The van der Waals surface area contributed by atoms with E-state index in [0.29, 0.717) is 42.2 Å². The Morgan fingerprint density at radius 3 is 2.42 bits per heavy atom. The average molecular weight is 497 g/mol. The number of para-hydroxylation sites is 1. The lowest BCUT2D eigenvalue weighted by Crippen LogP contribution is -2.48. The van der Waals surface area contributed by atoms with Gasteiger partial charge in [0.15, 0.2) is 0 Å². The molecule has 0 aromatic heterocycles. The summed E-state index contributed by atoms with van der Waals surface area (Å²) in [6.45, 7) is 6.83. The van der Waals surface area contributed by atoms with Gasteiger partial charge < -0.3 is 29.9 Å².